The van der Waals surface area contributed by atoms with E-state index in [2.05, 4.69) is 35.1 Å². The number of anilines is 1. The standard InChI is InChI=1S/C12H16BrNO/c1-12(2)10(7-11(12)15)14-9-6-4-3-5-8(9)13/h3-6,10-11,14-15H,7H2,1-2H3. The molecule has 2 nitrogen and oxygen atoms in total. The Hall–Kier alpha value is -0.540. The maximum absolute atomic E-state index is 9.64. The molecule has 0 aromatic heterocycles. The van der Waals surface area contributed by atoms with Crippen LogP contribution >= 0.6 is 15.9 Å². The number of hydrogen-bond acceptors (Lipinski definition) is 2. The maximum atomic E-state index is 9.64. The van der Waals surface area contributed by atoms with Gasteiger partial charge in [0.05, 0.1) is 6.10 Å². The molecule has 1 saturated carbocycles. The van der Waals surface area contributed by atoms with Crippen molar-refractivity contribution in [2.75, 3.05) is 5.32 Å². The Morgan fingerprint density at radius 2 is 2.07 bits per heavy atom. The second kappa shape index (κ2) is 3.80. The molecule has 1 aliphatic carbocycles. The summed E-state index contributed by atoms with van der Waals surface area (Å²) in [6.07, 6.45) is 0.645. The highest BCUT2D eigenvalue weighted by Crippen LogP contribution is 2.42. The lowest BCUT2D eigenvalue weighted by atomic mass is 9.64. The van der Waals surface area contributed by atoms with Crippen molar-refractivity contribution in [1.82, 2.24) is 0 Å². The van der Waals surface area contributed by atoms with Crippen LogP contribution in [-0.4, -0.2) is 17.3 Å². The molecule has 1 aromatic carbocycles. The number of hydrogen-bond donors (Lipinski definition) is 2. The zero-order valence-electron chi connectivity index (χ0n) is 9.00. The van der Waals surface area contributed by atoms with E-state index < -0.39 is 0 Å². The predicted octanol–water partition coefficient (Wildman–Crippen LogP) is 3.02. The molecular formula is C12H16BrNO. The van der Waals surface area contributed by atoms with Gasteiger partial charge in [-0.1, -0.05) is 26.0 Å². The average molecular weight is 270 g/mol. The highest BCUT2D eigenvalue weighted by molar-refractivity contribution is 9.10. The van der Waals surface area contributed by atoms with Gasteiger partial charge in [0.2, 0.25) is 0 Å². The Morgan fingerprint density at radius 1 is 1.40 bits per heavy atom. The molecule has 1 aromatic rings. The first-order chi connectivity index (χ1) is 7.01. The van der Waals surface area contributed by atoms with Crippen LogP contribution in [0.4, 0.5) is 5.69 Å². The van der Waals surface area contributed by atoms with Crippen molar-refractivity contribution < 1.29 is 5.11 Å². The van der Waals surface area contributed by atoms with Crippen LogP contribution < -0.4 is 5.32 Å². The van der Waals surface area contributed by atoms with Crippen molar-refractivity contribution in [3.63, 3.8) is 0 Å². The summed E-state index contributed by atoms with van der Waals surface area (Å²) >= 11 is 3.51. The van der Waals surface area contributed by atoms with Crippen LogP contribution in [0.2, 0.25) is 0 Å². The quantitative estimate of drug-likeness (QED) is 0.865. The van der Waals surface area contributed by atoms with Gasteiger partial charge in [-0.2, -0.15) is 0 Å². The molecule has 0 heterocycles. The molecule has 3 heteroatoms. The molecule has 0 spiro atoms. The number of benzene rings is 1. The molecule has 2 rings (SSSR count). The van der Waals surface area contributed by atoms with E-state index in [0.29, 0.717) is 6.04 Å². The molecule has 0 saturated heterocycles. The number of halogens is 1. The molecule has 2 N–H and O–H groups in total. The zero-order valence-corrected chi connectivity index (χ0v) is 10.6. The Morgan fingerprint density at radius 3 is 2.60 bits per heavy atom. The van der Waals surface area contributed by atoms with Crippen molar-refractivity contribution in [2.45, 2.75) is 32.4 Å². The minimum Gasteiger partial charge on any atom is -0.392 e. The molecule has 2 atom stereocenters. The number of aliphatic hydroxyl groups excluding tert-OH is 1. The zero-order chi connectivity index (χ0) is 11.1. The van der Waals surface area contributed by atoms with Gasteiger partial charge in [0.15, 0.2) is 0 Å². The third kappa shape index (κ3) is 1.91. The lowest BCUT2D eigenvalue weighted by Crippen LogP contribution is -2.56. The summed E-state index contributed by atoms with van der Waals surface area (Å²) in [6.45, 7) is 4.19. The van der Waals surface area contributed by atoms with E-state index in [1.807, 2.05) is 24.3 Å². The lowest BCUT2D eigenvalue weighted by molar-refractivity contribution is -0.0510. The summed E-state index contributed by atoms with van der Waals surface area (Å²) in [4.78, 5) is 0. The van der Waals surface area contributed by atoms with Crippen molar-refractivity contribution in [3.8, 4) is 0 Å². The predicted molar refractivity (Wildman–Crippen MR) is 66.0 cm³/mol. The summed E-state index contributed by atoms with van der Waals surface area (Å²) in [5.74, 6) is 0. The summed E-state index contributed by atoms with van der Waals surface area (Å²) < 4.78 is 1.07. The van der Waals surface area contributed by atoms with Gasteiger partial charge in [0, 0.05) is 21.6 Å². The van der Waals surface area contributed by atoms with E-state index in [1.54, 1.807) is 0 Å². The van der Waals surface area contributed by atoms with Crippen LogP contribution in [0.5, 0.6) is 0 Å². The van der Waals surface area contributed by atoms with Gasteiger partial charge >= 0.3 is 0 Å². The largest absolute Gasteiger partial charge is 0.392 e. The second-order valence-electron chi connectivity index (χ2n) is 4.75. The lowest BCUT2D eigenvalue weighted by Gasteiger charge is -2.50. The normalized spacial score (nSPS) is 28.3. The highest BCUT2D eigenvalue weighted by Gasteiger charge is 2.47. The molecule has 0 amide bonds. The summed E-state index contributed by atoms with van der Waals surface area (Å²) in [5.41, 5.74) is 1.07. The fourth-order valence-electron chi connectivity index (χ4n) is 1.91. The molecule has 0 bridgehead atoms. The van der Waals surface area contributed by atoms with Crippen LogP contribution in [0.15, 0.2) is 28.7 Å². The van der Waals surface area contributed by atoms with E-state index in [-0.39, 0.29) is 11.5 Å². The van der Waals surface area contributed by atoms with Crippen molar-refractivity contribution in [3.05, 3.63) is 28.7 Å². The van der Waals surface area contributed by atoms with Gasteiger partial charge in [0.25, 0.3) is 0 Å². The molecule has 0 aliphatic heterocycles. The summed E-state index contributed by atoms with van der Waals surface area (Å²) in [5, 5.41) is 13.1. The third-order valence-corrected chi connectivity index (χ3v) is 4.11. The highest BCUT2D eigenvalue weighted by atomic mass is 79.9. The van der Waals surface area contributed by atoms with Gasteiger partial charge in [-0.05, 0) is 34.5 Å². The Bertz CT molecular complexity index is 364. The van der Waals surface area contributed by atoms with Gasteiger partial charge in [-0.25, -0.2) is 0 Å². The van der Waals surface area contributed by atoms with Gasteiger partial charge in [-0.15, -0.1) is 0 Å². The minimum absolute atomic E-state index is 0.0325. The van der Waals surface area contributed by atoms with E-state index in [0.717, 1.165) is 16.6 Å². The van der Waals surface area contributed by atoms with E-state index >= 15 is 0 Å². The van der Waals surface area contributed by atoms with Crippen LogP contribution in [0.3, 0.4) is 0 Å². The molecule has 0 radical (unpaired) electrons. The SMILES string of the molecule is CC1(C)C(O)CC1Nc1ccccc1Br. The van der Waals surface area contributed by atoms with E-state index in [1.165, 1.54) is 0 Å². The van der Waals surface area contributed by atoms with E-state index in [4.69, 9.17) is 0 Å². The fourth-order valence-corrected chi connectivity index (χ4v) is 2.31. The van der Waals surface area contributed by atoms with Gasteiger partial charge < -0.3 is 10.4 Å². The minimum atomic E-state index is -0.183. The first-order valence-electron chi connectivity index (χ1n) is 5.21. The number of rotatable bonds is 2. The average Bonchev–Trinajstić information content (AvgIpc) is 2.20. The van der Waals surface area contributed by atoms with Crippen LogP contribution in [0.25, 0.3) is 0 Å². The second-order valence-corrected chi connectivity index (χ2v) is 5.60. The van der Waals surface area contributed by atoms with Crippen LogP contribution in [0.1, 0.15) is 20.3 Å². The number of nitrogens with one attached hydrogen (secondary N) is 1. The Balaban J connectivity index is 2.08. The maximum Gasteiger partial charge on any atom is 0.0630 e. The Kier molecular flexibility index (Phi) is 2.77. The monoisotopic (exact) mass is 269 g/mol. The van der Waals surface area contributed by atoms with Crippen LogP contribution in [0, 0.1) is 5.41 Å². The smallest absolute Gasteiger partial charge is 0.0630 e. The summed E-state index contributed by atoms with van der Waals surface area (Å²) in [6, 6.07) is 8.42. The molecule has 15 heavy (non-hydrogen) atoms. The van der Waals surface area contributed by atoms with Crippen molar-refractivity contribution in [1.29, 1.82) is 0 Å². The molecule has 1 aliphatic rings. The number of para-hydroxylation sites is 1. The third-order valence-electron chi connectivity index (χ3n) is 3.42. The molecular weight excluding hydrogens is 254 g/mol. The number of aliphatic hydroxyl groups is 1. The Labute approximate surface area is 98.8 Å². The first kappa shape index (κ1) is 11.0. The fraction of sp³-hybridized carbons (Fsp3) is 0.500. The summed E-state index contributed by atoms with van der Waals surface area (Å²) in [7, 11) is 0. The van der Waals surface area contributed by atoms with E-state index in [9.17, 15) is 5.11 Å². The molecule has 82 valence electrons. The van der Waals surface area contributed by atoms with Crippen LogP contribution in [-0.2, 0) is 0 Å². The molecule has 1 fully saturated rings. The van der Waals surface area contributed by atoms with Gasteiger partial charge in [-0.3, -0.25) is 0 Å². The van der Waals surface area contributed by atoms with Crippen molar-refractivity contribution >= 4 is 21.6 Å². The molecule has 2 unspecified atom stereocenters. The van der Waals surface area contributed by atoms with Crippen molar-refractivity contribution in [2.24, 2.45) is 5.41 Å². The topological polar surface area (TPSA) is 32.3 Å². The first-order valence-corrected chi connectivity index (χ1v) is 6.00. The van der Waals surface area contributed by atoms with Gasteiger partial charge in [0.1, 0.15) is 0 Å².